The fourth-order valence-electron chi connectivity index (χ4n) is 2.76. The minimum Gasteiger partial charge on any atom is -0.487 e. The molecule has 1 aliphatic rings. The van der Waals surface area contributed by atoms with E-state index in [1.54, 1.807) is 0 Å². The first kappa shape index (κ1) is 16.1. The van der Waals surface area contributed by atoms with Crippen molar-refractivity contribution in [1.29, 1.82) is 0 Å². The van der Waals surface area contributed by atoms with E-state index in [0.717, 1.165) is 18.7 Å². The van der Waals surface area contributed by atoms with E-state index in [-0.39, 0.29) is 11.1 Å². The normalized spacial score (nSPS) is 17.7. The van der Waals surface area contributed by atoms with Crippen LogP contribution >= 0.6 is 0 Å². The largest absolute Gasteiger partial charge is 0.487 e. The Hall–Kier alpha value is -1.28. The smallest absolute Gasteiger partial charge is 0.127 e. The first-order valence-corrected chi connectivity index (χ1v) is 8.10. The van der Waals surface area contributed by atoms with E-state index in [1.165, 1.54) is 24.8 Å². The minimum atomic E-state index is 0.0376. The van der Waals surface area contributed by atoms with Gasteiger partial charge in [-0.05, 0) is 66.0 Å². The van der Waals surface area contributed by atoms with Crippen LogP contribution in [-0.2, 0) is 0 Å². The van der Waals surface area contributed by atoms with Gasteiger partial charge in [0.25, 0.3) is 0 Å². The first-order valence-electron chi connectivity index (χ1n) is 8.10. The Bertz CT molecular complexity index is 481. The molecule has 21 heavy (non-hydrogen) atoms. The maximum atomic E-state index is 6.45. The van der Waals surface area contributed by atoms with Crippen LogP contribution in [0.3, 0.4) is 0 Å². The van der Waals surface area contributed by atoms with E-state index in [2.05, 4.69) is 62.5 Å². The Balaban J connectivity index is 2.02. The van der Waals surface area contributed by atoms with Gasteiger partial charge in [0.05, 0.1) is 0 Å². The average Bonchev–Trinajstić information content (AvgIpc) is 2.36. The van der Waals surface area contributed by atoms with E-state index in [9.17, 15) is 0 Å². The zero-order chi connectivity index (χ0) is 15.3. The molecule has 116 valence electrons. The molecular formula is C19H29NO. The summed E-state index contributed by atoms with van der Waals surface area (Å²) in [6.45, 7) is 9.69. The summed E-state index contributed by atoms with van der Waals surface area (Å²) in [5.41, 5.74) is 1.39. The lowest BCUT2D eigenvalue weighted by atomic mass is 9.77. The van der Waals surface area contributed by atoms with Gasteiger partial charge in [-0.15, -0.1) is 0 Å². The van der Waals surface area contributed by atoms with Gasteiger partial charge in [-0.25, -0.2) is 0 Å². The summed E-state index contributed by atoms with van der Waals surface area (Å²) >= 11 is 0. The third kappa shape index (κ3) is 4.60. The summed E-state index contributed by atoms with van der Waals surface area (Å²) in [6.07, 6.45) is 8.88. The van der Waals surface area contributed by atoms with Gasteiger partial charge in [-0.3, -0.25) is 0 Å². The van der Waals surface area contributed by atoms with Crippen molar-refractivity contribution in [3.8, 4) is 5.75 Å². The van der Waals surface area contributed by atoms with Crippen molar-refractivity contribution in [3.63, 3.8) is 0 Å². The summed E-state index contributed by atoms with van der Waals surface area (Å²) in [7, 11) is 0. The lowest BCUT2D eigenvalue weighted by Gasteiger charge is -2.43. The Kier molecular flexibility index (Phi) is 5.10. The van der Waals surface area contributed by atoms with Gasteiger partial charge in [-0.2, -0.15) is 0 Å². The van der Waals surface area contributed by atoms with Crippen molar-refractivity contribution in [2.45, 2.75) is 64.5 Å². The number of benzene rings is 1. The van der Waals surface area contributed by atoms with Gasteiger partial charge in [0.15, 0.2) is 0 Å². The standard InChI is InChI=1S/C19H29NO/c1-5-9-16-10-6-7-11-17(16)21-19(12-8-13-19)14-15-20-18(2,3)4/h5-7,9-11,20H,8,12-15H2,1-4H3/b9-5+. The van der Waals surface area contributed by atoms with Crippen LogP contribution in [0.2, 0.25) is 0 Å². The van der Waals surface area contributed by atoms with Crippen molar-refractivity contribution in [1.82, 2.24) is 5.32 Å². The average molecular weight is 287 g/mol. The molecule has 0 bridgehead atoms. The highest BCUT2D eigenvalue weighted by Gasteiger charge is 2.39. The molecular weight excluding hydrogens is 258 g/mol. The van der Waals surface area contributed by atoms with Gasteiger partial charge in [0.2, 0.25) is 0 Å². The summed E-state index contributed by atoms with van der Waals surface area (Å²) in [4.78, 5) is 0. The Morgan fingerprint density at radius 2 is 1.95 bits per heavy atom. The molecule has 1 aromatic carbocycles. The second-order valence-corrected chi connectivity index (χ2v) is 7.10. The molecule has 0 heterocycles. The molecule has 1 N–H and O–H groups in total. The number of nitrogens with one attached hydrogen (secondary N) is 1. The fraction of sp³-hybridized carbons (Fsp3) is 0.579. The molecule has 0 radical (unpaired) electrons. The van der Waals surface area contributed by atoms with Gasteiger partial charge in [0.1, 0.15) is 11.4 Å². The Labute approximate surface area is 129 Å². The highest BCUT2D eigenvalue weighted by Crippen LogP contribution is 2.40. The van der Waals surface area contributed by atoms with Crippen molar-refractivity contribution >= 4 is 6.08 Å². The summed E-state index contributed by atoms with van der Waals surface area (Å²) in [6, 6.07) is 8.33. The lowest BCUT2D eigenvalue weighted by molar-refractivity contribution is -0.0154. The molecule has 1 aliphatic carbocycles. The van der Waals surface area contributed by atoms with Crippen LogP contribution in [-0.4, -0.2) is 17.7 Å². The maximum Gasteiger partial charge on any atom is 0.127 e. The van der Waals surface area contributed by atoms with Crippen LogP contribution in [0.25, 0.3) is 6.08 Å². The predicted octanol–water partition coefficient (Wildman–Crippen LogP) is 4.80. The van der Waals surface area contributed by atoms with Crippen molar-refractivity contribution in [2.75, 3.05) is 6.54 Å². The highest BCUT2D eigenvalue weighted by molar-refractivity contribution is 5.57. The molecule has 2 heteroatoms. The van der Waals surface area contributed by atoms with Crippen LogP contribution in [0.4, 0.5) is 0 Å². The molecule has 0 unspecified atom stereocenters. The van der Waals surface area contributed by atoms with Gasteiger partial charge >= 0.3 is 0 Å². The van der Waals surface area contributed by atoms with Crippen LogP contribution in [0.15, 0.2) is 30.3 Å². The zero-order valence-corrected chi connectivity index (χ0v) is 13.9. The van der Waals surface area contributed by atoms with Crippen molar-refractivity contribution in [2.24, 2.45) is 0 Å². The van der Waals surface area contributed by atoms with Gasteiger partial charge in [0, 0.05) is 11.1 Å². The zero-order valence-electron chi connectivity index (χ0n) is 13.9. The number of para-hydroxylation sites is 1. The Morgan fingerprint density at radius 1 is 1.24 bits per heavy atom. The molecule has 2 rings (SSSR count). The Morgan fingerprint density at radius 3 is 2.52 bits per heavy atom. The van der Waals surface area contributed by atoms with Crippen LogP contribution < -0.4 is 10.1 Å². The molecule has 0 aliphatic heterocycles. The molecule has 0 saturated heterocycles. The highest BCUT2D eigenvalue weighted by atomic mass is 16.5. The van der Waals surface area contributed by atoms with E-state index >= 15 is 0 Å². The molecule has 1 fully saturated rings. The molecule has 0 aromatic heterocycles. The predicted molar refractivity (Wildman–Crippen MR) is 90.7 cm³/mol. The first-order chi connectivity index (χ1) is 9.94. The second kappa shape index (κ2) is 6.65. The number of ether oxygens (including phenoxy) is 1. The van der Waals surface area contributed by atoms with Crippen molar-refractivity contribution < 1.29 is 4.74 Å². The topological polar surface area (TPSA) is 21.3 Å². The van der Waals surface area contributed by atoms with Gasteiger partial charge in [-0.1, -0.05) is 30.4 Å². The monoisotopic (exact) mass is 287 g/mol. The minimum absolute atomic E-state index is 0.0376. The molecule has 0 atom stereocenters. The van der Waals surface area contributed by atoms with E-state index in [0.29, 0.717) is 0 Å². The summed E-state index contributed by atoms with van der Waals surface area (Å²) in [5, 5.41) is 3.58. The third-order valence-electron chi connectivity index (χ3n) is 4.09. The summed E-state index contributed by atoms with van der Waals surface area (Å²) in [5.74, 6) is 1.02. The number of hydrogen-bond acceptors (Lipinski definition) is 2. The molecule has 0 amide bonds. The SMILES string of the molecule is C/C=C/c1ccccc1OC1(CCNC(C)(C)C)CCC1. The number of hydrogen-bond donors (Lipinski definition) is 1. The van der Waals surface area contributed by atoms with E-state index in [1.807, 2.05) is 6.92 Å². The molecule has 1 aromatic rings. The lowest BCUT2D eigenvalue weighted by Crippen LogP contribution is -2.47. The fourth-order valence-corrected chi connectivity index (χ4v) is 2.76. The second-order valence-electron chi connectivity index (χ2n) is 7.10. The van der Waals surface area contributed by atoms with Crippen LogP contribution in [0.5, 0.6) is 5.75 Å². The molecule has 2 nitrogen and oxygen atoms in total. The quantitative estimate of drug-likeness (QED) is 0.811. The van der Waals surface area contributed by atoms with Crippen molar-refractivity contribution in [3.05, 3.63) is 35.9 Å². The van der Waals surface area contributed by atoms with Gasteiger partial charge < -0.3 is 10.1 Å². The number of rotatable bonds is 6. The number of allylic oxidation sites excluding steroid dienone is 1. The van der Waals surface area contributed by atoms with Crippen LogP contribution in [0.1, 0.15) is 58.9 Å². The molecule has 1 saturated carbocycles. The molecule has 0 spiro atoms. The summed E-state index contributed by atoms with van der Waals surface area (Å²) < 4.78 is 6.45. The van der Waals surface area contributed by atoms with E-state index < -0.39 is 0 Å². The van der Waals surface area contributed by atoms with E-state index in [4.69, 9.17) is 4.74 Å². The third-order valence-corrected chi connectivity index (χ3v) is 4.09. The van der Waals surface area contributed by atoms with Crippen LogP contribution in [0, 0.1) is 0 Å². The maximum absolute atomic E-state index is 6.45.